The lowest BCUT2D eigenvalue weighted by atomic mass is 10.2. The molecule has 0 unspecified atom stereocenters. The van der Waals surface area contributed by atoms with Crippen LogP contribution in [0.2, 0.25) is 5.02 Å². The van der Waals surface area contributed by atoms with Crippen molar-refractivity contribution in [1.29, 1.82) is 0 Å². The average Bonchev–Trinajstić information content (AvgIpc) is 2.80. The number of likely N-dealkylation sites (tertiary alicyclic amines) is 1. The summed E-state index contributed by atoms with van der Waals surface area (Å²) < 4.78 is 0. The average molecular weight is 312 g/mol. The van der Waals surface area contributed by atoms with Gasteiger partial charge in [-0.3, -0.25) is 0 Å². The first-order valence-corrected chi connectivity index (χ1v) is 6.40. The summed E-state index contributed by atoms with van der Waals surface area (Å²) in [7, 11) is 0. The van der Waals surface area contributed by atoms with Crippen molar-refractivity contribution in [3.8, 4) is 0 Å². The van der Waals surface area contributed by atoms with Crippen LogP contribution in [0.15, 0.2) is 24.3 Å². The molecule has 2 rings (SSSR count). The predicted octanol–water partition coefficient (Wildman–Crippen LogP) is 3.37. The molecule has 1 aliphatic heterocycles. The number of hydrogen-bond donors (Lipinski definition) is 1. The summed E-state index contributed by atoms with van der Waals surface area (Å²) in [6, 6.07) is 8.04. The van der Waals surface area contributed by atoms with Gasteiger partial charge in [-0.25, -0.2) is 0 Å². The van der Waals surface area contributed by atoms with Gasteiger partial charge in [0.25, 0.3) is 0 Å². The second-order valence-corrected chi connectivity index (χ2v) is 4.79. The molecule has 1 N–H and O–H groups in total. The fraction of sp³-hybridized carbons (Fsp3) is 0.538. The normalized spacial score (nSPS) is 14.9. The molecule has 0 bridgehead atoms. The van der Waals surface area contributed by atoms with E-state index in [1.54, 1.807) is 0 Å². The van der Waals surface area contributed by atoms with Crippen LogP contribution in [0, 0.1) is 0 Å². The highest BCUT2D eigenvalue weighted by molar-refractivity contribution is 6.30. The van der Waals surface area contributed by atoms with Crippen LogP contribution in [-0.4, -0.2) is 31.1 Å². The van der Waals surface area contributed by atoms with Gasteiger partial charge in [0.1, 0.15) is 0 Å². The van der Waals surface area contributed by atoms with Crippen molar-refractivity contribution in [3.63, 3.8) is 0 Å². The van der Waals surface area contributed by atoms with Crippen molar-refractivity contribution >= 4 is 36.4 Å². The lowest BCUT2D eigenvalue weighted by Gasteiger charge is -2.14. The molecule has 1 fully saturated rings. The molecule has 0 aliphatic carbocycles. The highest BCUT2D eigenvalue weighted by Gasteiger charge is 2.09. The lowest BCUT2D eigenvalue weighted by Crippen LogP contribution is -2.29. The van der Waals surface area contributed by atoms with Crippen molar-refractivity contribution in [2.75, 3.05) is 26.2 Å². The summed E-state index contributed by atoms with van der Waals surface area (Å²) in [5.41, 5.74) is 1.30. The molecule has 1 aromatic carbocycles. The van der Waals surface area contributed by atoms with Crippen LogP contribution >= 0.6 is 36.4 Å². The molecule has 5 heteroatoms. The van der Waals surface area contributed by atoms with Crippen molar-refractivity contribution in [3.05, 3.63) is 34.9 Å². The third-order valence-corrected chi connectivity index (χ3v) is 3.30. The summed E-state index contributed by atoms with van der Waals surface area (Å²) in [6.07, 6.45) is 2.74. The van der Waals surface area contributed by atoms with Gasteiger partial charge in [-0.15, -0.1) is 24.8 Å². The molecule has 0 amide bonds. The van der Waals surface area contributed by atoms with Gasteiger partial charge < -0.3 is 10.2 Å². The summed E-state index contributed by atoms with van der Waals surface area (Å²) in [4.78, 5) is 2.52. The highest BCUT2D eigenvalue weighted by atomic mass is 35.5. The quantitative estimate of drug-likeness (QED) is 0.839. The molecular weight excluding hydrogens is 291 g/mol. The molecule has 0 radical (unpaired) electrons. The first-order chi connectivity index (χ1) is 7.84. The van der Waals surface area contributed by atoms with Crippen LogP contribution in [0.1, 0.15) is 18.4 Å². The van der Waals surface area contributed by atoms with Crippen LogP contribution in [0.5, 0.6) is 0 Å². The third-order valence-electron chi connectivity index (χ3n) is 3.05. The van der Waals surface area contributed by atoms with Gasteiger partial charge in [0.2, 0.25) is 0 Å². The van der Waals surface area contributed by atoms with Crippen molar-refractivity contribution < 1.29 is 0 Å². The van der Waals surface area contributed by atoms with Gasteiger partial charge in [-0.2, -0.15) is 0 Å². The first-order valence-electron chi connectivity index (χ1n) is 6.02. The van der Waals surface area contributed by atoms with Crippen LogP contribution in [-0.2, 0) is 6.54 Å². The van der Waals surface area contributed by atoms with Gasteiger partial charge in [0.05, 0.1) is 0 Å². The van der Waals surface area contributed by atoms with E-state index in [1.165, 1.54) is 38.0 Å². The summed E-state index contributed by atoms with van der Waals surface area (Å²) >= 11 is 5.83. The van der Waals surface area contributed by atoms with E-state index < -0.39 is 0 Å². The van der Waals surface area contributed by atoms with Crippen LogP contribution in [0.25, 0.3) is 0 Å². The maximum atomic E-state index is 5.83. The molecule has 18 heavy (non-hydrogen) atoms. The molecule has 104 valence electrons. The standard InChI is InChI=1S/C13H19ClN2.2ClH/c14-13-5-3-12(4-6-13)11-15-7-10-16-8-1-2-9-16;;/h3-6,15H,1-2,7-11H2;2*1H. The molecule has 0 atom stereocenters. The number of hydrogen-bond acceptors (Lipinski definition) is 2. The van der Waals surface area contributed by atoms with Gasteiger partial charge >= 0.3 is 0 Å². The molecule has 0 spiro atoms. The Labute approximate surface area is 127 Å². The minimum Gasteiger partial charge on any atom is -0.311 e. The Morgan fingerprint density at radius 2 is 1.67 bits per heavy atom. The highest BCUT2D eigenvalue weighted by Crippen LogP contribution is 2.09. The molecular formula is C13H21Cl3N2. The fourth-order valence-electron chi connectivity index (χ4n) is 2.08. The van der Waals surface area contributed by atoms with E-state index in [0.29, 0.717) is 0 Å². The smallest absolute Gasteiger partial charge is 0.0406 e. The fourth-order valence-corrected chi connectivity index (χ4v) is 2.20. The van der Waals surface area contributed by atoms with E-state index in [0.717, 1.165) is 18.1 Å². The summed E-state index contributed by atoms with van der Waals surface area (Å²) in [5, 5.41) is 4.27. The zero-order valence-corrected chi connectivity index (χ0v) is 12.8. The van der Waals surface area contributed by atoms with Crippen molar-refractivity contribution in [2.24, 2.45) is 0 Å². The molecule has 1 aromatic rings. The minimum atomic E-state index is 0. The zero-order valence-electron chi connectivity index (χ0n) is 10.4. The molecule has 1 saturated heterocycles. The zero-order chi connectivity index (χ0) is 11.2. The van der Waals surface area contributed by atoms with E-state index in [1.807, 2.05) is 12.1 Å². The van der Waals surface area contributed by atoms with E-state index >= 15 is 0 Å². The minimum absolute atomic E-state index is 0. The Balaban J connectivity index is 0.00000144. The topological polar surface area (TPSA) is 15.3 Å². The van der Waals surface area contributed by atoms with Crippen LogP contribution in [0.3, 0.4) is 0 Å². The summed E-state index contributed by atoms with van der Waals surface area (Å²) in [6.45, 7) is 5.74. The maximum Gasteiger partial charge on any atom is 0.0406 e. The van der Waals surface area contributed by atoms with E-state index in [2.05, 4.69) is 22.3 Å². The molecule has 1 aliphatic rings. The van der Waals surface area contributed by atoms with Crippen molar-refractivity contribution in [2.45, 2.75) is 19.4 Å². The van der Waals surface area contributed by atoms with E-state index in [-0.39, 0.29) is 24.8 Å². The number of rotatable bonds is 5. The maximum absolute atomic E-state index is 5.83. The van der Waals surface area contributed by atoms with Gasteiger partial charge in [-0.05, 0) is 43.6 Å². The second-order valence-electron chi connectivity index (χ2n) is 4.35. The molecule has 1 heterocycles. The lowest BCUT2D eigenvalue weighted by molar-refractivity contribution is 0.335. The Morgan fingerprint density at radius 1 is 1.06 bits per heavy atom. The Hall–Kier alpha value is 0.01000. The van der Waals surface area contributed by atoms with E-state index in [4.69, 9.17) is 11.6 Å². The SMILES string of the molecule is Cl.Cl.Clc1ccc(CNCCN2CCCC2)cc1. The number of halogens is 3. The number of nitrogens with zero attached hydrogens (tertiary/aromatic N) is 1. The van der Waals surface area contributed by atoms with Crippen LogP contribution in [0.4, 0.5) is 0 Å². The first kappa shape index (κ1) is 18.0. The van der Waals surface area contributed by atoms with Crippen molar-refractivity contribution in [1.82, 2.24) is 10.2 Å². The molecule has 0 saturated carbocycles. The Bertz CT molecular complexity index is 311. The van der Waals surface area contributed by atoms with Gasteiger partial charge in [0.15, 0.2) is 0 Å². The van der Waals surface area contributed by atoms with Crippen LogP contribution < -0.4 is 5.32 Å². The molecule has 0 aromatic heterocycles. The summed E-state index contributed by atoms with van der Waals surface area (Å²) in [5.74, 6) is 0. The molecule has 2 nitrogen and oxygen atoms in total. The largest absolute Gasteiger partial charge is 0.311 e. The monoisotopic (exact) mass is 310 g/mol. The predicted molar refractivity (Wildman–Crippen MR) is 83.3 cm³/mol. The Morgan fingerprint density at radius 3 is 2.28 bits per heavy atom. The third kappa shape index (κ3) is 6.26. The second kappa shape index (κ2) is 9.88. The Kier molecular flexibility index (Phi) is 9.88. The van der Waals surface area contributed by atoms with Gasteiger partial charge in [-0.1, -0.05) is 23.7 Å². The number of benzene rings is 1. The van der Waals surface area contributed by atoms with E-state index in [9.17, 15) is 0 Å². The van der Waals surface area contributed by atoms with Gasteiger partial charge in [0, 0.05) is 24.7 Å². The number of nitrogens with one attached hydrogen (secondary N) is 1.